The first kappa shape index (κ1) is 18.7. The maximum absolute atomic E-state index is 10.8. The van der Waals surface area contributed by atoms with Crippen molar-refractivity contribution in [2.24, 2.45) is 5.10 Å². The zero-order valence-electron chi connectivity index (χ0n) is 15.1. The van der Waals surface area contributed by atoms with Crippen LogP contribution in [0, 0.1) is 10.1 Å². The van der Waals surface area contributed by atoms with Gasteiger partial charge in [0, 0.05) is 25.4 Å². The van der Waals surface area contributed by atoms with Crippen LogP contribution in [0.1, 0.15) is 5.76 Å². The molecule has 9 nitrogen and oxygen atoms in total. The number of nitro groups is 1. The zero-order valence-corrected chi connectivity index (χ0v) is 15.9. The molecule has 0 N–H and O–H groups in total. The second-order valence-corrected chi connectivity index (χ2v) is 7.24. The molecule has 0 aliphatic carbocycles. The third-order valence-corrected chi connectivity index (χ3v) is 5.25. The van der Waals surface area contributed by atoms with Crippen LogP contribution in [0.15, 0.2) is 51.1 Å². The second-order valence-electron chi connectivity index (χ2n) is 6.18. The molecule has 4 rings (SSSR count). The minimum Gasteiger partial charge on any atom is -0.400 e. The van der Waals surface area contributed by atoms with E-state index in [-0.39, 0.29) is 5.88 Å². The molecule has 0 atom stereocenters. The number of imidazole rings is 1. The number of nitrogens with zero attached hydrogens (tertiary/aromatic N) is 5. The third kappa shape index (κ3) is 4.24. The van der Waals surface area contributed by atoms with Crippen molar-refractivity contribution in [3.05, 3.63) is 52.3 Å². The molecular weight excluding hydrogens is 382 g/mol. The van der Waals surface area contributed by atoms with Gasteiger partial charge in [0.1, 0.15) is 4.92 Å². The first-order valence-corrected chi connectivity index (χ1v) is 9.88. The van der Waals surface area contributed by atoms with Gasteiger partial charge >= 0.3 is 5.88 Å². The van der Waals surface area contributed by atoms with E-state index in [1.54, 1.807) is 16.4 Å². The fourth-order valence-corrected chi connectivity index (χ4v) is 3.87. The van der Waals surface area contributed by atoms with Gasteiger partial charge in [-0.15, -0.1) is 0 Å². The van der Waals surface area contributed by atoms with Gasteiger partial charge in [0.25, 0.3) is 0 Å². The molecule has 1 saturated heterocycles. The second kappa shape index (κ2) is 8.55. The van der Waals surface area contributed by atoms with Gasteiger partial charge in [-0.25, -0.2) is 9.66 Å². The lowest BCUT2D eigenvalue weighted by Crippen LogP contribution is -2.37. The summed E-state index contributed by atoms with van der Waals surface area (Å²) in [7, 11) is 0. The maximum atomic E-state index is 10.8. The number of ether oxygens (including phenoxy) is 1. The standard InChI is InChI=1S/C18H19N5O4S/c24-23(25)17-6-5-14(27-17)13-19-22-16-4-2-1-3-15(16)20-18(22)28-12-9-21-7-10-26-11-8-21/h1-6,13H,7-12H2/b19-13+. The van der Waals surface area contributed by atoms with Crippen LogP contribution >= 0.6 is 11.8 Å². The zero-order chi connectivity index (χ0) is 19.3. The van der Waals surface area contributed by atoms with E-state index in [9.17, 15) is 10.1 Å². The van der Waals surface area contributed by atoms with E-state index in [1.807, 2.05) is 24.3 Å². The Labute approximate surface area is 165 Å². The quantitative estimate of drug-likeness (QED) is 0.260. The number of morpholine rings is 1. The Morgan fingerprint density at radius 2 is 2.07 bits per heavy atom. The number of hydrogen-bond donors (Lipinski definition) is 0. The average Bonchev–Trinajstić information content (AvgIpc) is 3.32. The number of aromatic nitrogens is 2. The molecule has 10 heteroatoms. The van der Waals surface area contributed by atoms with E-state index in [1.165, 1.54) is 18.3 Å². The average molecular weight is 401 g/mol. The molecule has 0 amide bonds. The fraction of sp³-hybridized carbons (Fsp3) is 0.333. The van der Waals surface area contributed by atoms with Gasteiger partial charge in [-0.05, 0) is 18.2 Å². The summed E-state index contributed by atoms with van der Waals surface area (Å²) in [4.78, 5) is 17.2. The van der Waals surface area contributed by atoms with Gasteiger partial charge in [-0.3, -0.25) is 15.0 Å². The summed E-state index contributed by atoms with van der Waals surface area (Å²) in [6, 6.07) is 10.6. The summed E-state index contributed by atoms with van der Waals surface area (Å²) in [5, 5.41) is 16.0. The van der Waals surface area contributed by atoms with Gasteiger partial charge in [0.15, 0.2) is 10.9 Å². The smallest absolute Gasteiger partial charge is 0.400 e. The van der Waals surface area contributed by atoms with Crippen molar-refractivity contribution in [2.75, 3.05) is 38.6 Å². The minimum atomic E-state index is -0.573. The lowest BCUT2D eigenvalue weighted by atomic mass is 10.3. The molecule has 1 aliphatic rings. The summed E-state index contributed by atoms with van der Waals surface area (Å²) in [5.74, 6) is 0.885. The Morgan fingerprint density at radius 3 is 2.86 bits per heavy atom. The van der Waals surface area contributed by atoms with Gasteiger partial charge in [-0.2, -0.15) is 5.10 Å². The van der Waals surface area contributed by atoms with Gasteiger partial charge < -0.3 is 9.15 Å². The topological polar surface area (TPSA) is 98.9 Å². The molecule has 0 radical (unpaired) electrons. The van der Waals surface area contributed by atoms with Crippen molar-refractivity contribution in [1.29, 1.82) is 0 Å². The third-order valence-electron chi connectivity index (χ3n) is 4.34. The maximum Gasteiger partial charge on any atom is 0.433 e. The molecule has 0 saturated carbocycles. The number of benzene rings is 1. The van der Waals surface area contributed by atoms with Gasteiger partial charge in [0.2, 0.25) is 0 Å². The SMILES string of the molecule is O=[N+]([O-])c1ccc(/C=N/n2c(SCCN3CCOCC3)nc3ccccc32)o1. The number of para-hydroxylation sites is 2. The number of thioether (sulfide) groups is 1. The minimum absolute atomic E-state index is 0.308. The van der Waals surface area contributed by atoms with E-state index < -0.39 is 4.92 Å². The lowest BCUT2D eigenvalue weighted by Gasteiger charge is -2.26. The molecule has 28 heavy (non-hydrogen) atoms. The molecule has 146 valence electrons. The van der Waals surface area contributed by atoms with Crippen LogP contribution in [0.4, 0.5) is 5.88 Å². The Morgan fingerprint density at radius 1 is 1.25 bits per heavy atom. The summed E-state index contributed by atoms with van der Waals surface area (Å²) < 4.78 is 12.3. The van der Waals surface area contributed by atoms with E-state index >= 15 is 0 Å². The molecule has 1 aliphatic heterocycles. The molecule has 1 fully saturated rings. The molecule has 0 unspecified atom stereocenters. The summed E-state index contributed by atoms with van der Waals surface area (Å²) in [6.07, 6.45) is 1.47. The predicted octanol–water partition coefficient (Wildman–Crippen LogP) is 2.84. The monoisotopic (exact) mass is 401 g/mol. The molecule has 3 aromatic rings. The molecular formula is C18H19N5O4S. The normalized spacial score (nSPS) is 15.6. The highest BCUT2D eigenvalue weighted by molar-refractivity contribution is 7.99. The highest BCUT2D eigenvalue weighted by atomic mass is 32.2. The molecule has 0 spiro atoms. The van der Waals surface area contributed by atoms with Crippen LogP contribution in [0.3, 0.4) is 0 Å². The van der Waals surface area contributed by atoms with E-state index in [0.717, 1.165) is 54.8 Å². The van der Waals surface area contributed by atoms with E-state index in [2.05, 4.69) is 15.0 Å². The van der Waals surface area contributed by atoms with E-state index in [0.29, 0.717) is 5.76 Å². The van der Waals surface area contributed by atoms with Gasteiger partial charge in [-0.1, -0.05) is 23.9 Å². The van der Waals surface area contributed by atoms with Crippen molar-refractivity contribution in [3.63, 3.8) is 0 Å². The Bertz CT molecular complexity index is 993. The summed E-state index contributed by atoms with van der Waals surface area (Å²) in [5.41, 5.74) is 1.72. The summed E-state index contributed by atoms with van der Waals surface area (Å²) >= 11 is 1.63. The Hall–Kier alpha value is -2.69. The van der Waals surface area contributed by atoms with Crippen LogP contribution in [0.2, 0.25) is 0 Å². The molecule has 0 bridgehead atoms. The highest BCUT2D eigenvalue weighted by Crippen LogP contribution is 2.24. The highest BCUT2D eigenvalue weighted by Gasteiger charge is 2.14. The first-order valence-electron chi connectivity index (χ1n) is 8.90. The predicted molar refractivity (Wildman–Crippen MR) is 106 cm³/mol. The van der Waals surface area contributed by atoms with Crippen molar-refractivity contribution in [3.8, 4) is 0 Å². The first-order chi connectivity index (χ1) is 13.7. The number of furan rings is 1. The number of fused-ring (bicyclic) bond motifs is 1. The van der Waals surface area contributed by atoms with Crippen LogP contribution in [-0.2, 0) is 4.74 Å². The largest absolute Gasteiger partial charge is 0.433 e. The summed E-state index contributed by atoms with van der Waals surface area (Å²) in [6.45, 7) is 4.41. The molecule has 1 aromatic carbocycles. The van der Waals surface area contributed by atoms with Crippen molar-refractivity contribution in [2.45, 2.75) is 5.16 Å². The van der Waals surface area contributed by atoms with Crippen molar-refractivity contribution in [1.82, 2.24) is 14.6 Å². The van der Waals surface area contributed by atoms with Gasteiger partial charge in [0.05, 0.1) is 36.5 Å². The number of hydrogen-bond acceptors (Lipinski definition) is 8. The van der Waals surface area contributed by atoms with Crippen LogP contribution < -0.4 is 0 Å². The Balaban J connectivity index is 1.52. The van der Waals surface area contributed by atoms with Crippen LogP contribution in [0.5, 0.6) is 0 Å². The number of rotatable bonds is 7. The fourth-order valence-electron chi connectivity index (χ4n) is 2.91. The Kier molecular flexibility index (Phi) is 5.70. The molecule has 3 heterocycles. The van der Waals surface area contributed by atoms with Crippen LogP contribution in [-0.4, -0.2) is 64.3 Å². The molecule has 2 aromatic heterocycles. The van der Waals surface area contributed by atoms with Crippen LogP contribution in [0.25, 0.3) is 11.0 Å². The van der Waals surface area contributed by atoms with Crippen molar-refractivity contribution < 1.29 is 14.1 Å². The van der Waals surface area contributed by atoms with Crippen molar-refractivity contribution >= 4 is 34.9 Å². The van der Waals surface area contributed by atoms with E-state index in [4.69, 9.17) is 9.15 Å². The lowest BCUT2D eigenvalue weighted by molar-refractivity contribution is -0.402.